The van der Waals surface area contributed by atoms with Crippen molar-refractivity contribution in [1.29, 1.82) is 0 Å². The molecule has 0 amide bonds. The molecule has 10 heavy (non-hydrogen) atoms. The highest BCUT2D eigenvalue weighted by molar-refractivity contribution is 4.80. The van der Waals surface area contributed by atoms with E-state index >= 15 is 0 Å². The van der Waals surface area contributed by atoms with Gasteiger partial charge in [-0.1, -0.05) is 0 Å². The van der Waals surface area contributed by atoms with Crippen molar-refractivity contribution < 1.29 is 4.84 Å². The van der Waals surface area contributed by atoms with E-state index in [4.69, 9.17) is 10.7 Å². The van der Waals surface area contributed by atoms with Crippen molar-refractivity contribution in [3.8, 4) is 0 Å². The van der Waals surface area contributed by atoms with Crippen molar-refractivity contribution in [2.75, 3.05) is 14.1 Å². The van der Waals surface area contributed by atoms with Crippen LogP contribution in [0.1, 0.15) is 19.3 Å². The maximum atomic E-state index is 5.08. The fourth-order valence-corrected chi connectivity index (χ4v) is 1.51. The summed E-state index contributed by atoms with van der Waals surface area (Å²) in [5.74, 6) is 5.08. The van der Waals surface area contributed by atoms with E-state index in [0.717, 1.165) is 12.8 Å². The molecular formula is C7H16N2O. The van der Waals surface area contributed by atoms with E-state index in [2.05, 4.69) is 19.0 Å². The van der Waals surface area contributed by atoms with Crippen LogP contribution in [0.5, 0.6) is 0 Å². The summed E-state index contributed by atoms with van der Waals surface area (Å²) >= 11 is 0. The first-order valence-corrected chi connectivity index (χ1v) is 3.76. The molecule has 0 spiro atoms. The number of nitrogens with zero attached hydrogens (tertiary/aromatic N) is 1. The molecule has 60 valence electrons. The van der Waals surface area contributed by atoms with Gasteiger partial charge in [0.25, 0.3) is 0 Å². The van der Waals surface area contributed by atoms with Gasteiger partial charge < -0.3 is 9.74 Å². The lowest BCUT2D eigenvalue weighted by atomic mass is 10.2. The van der Waals surface area contributed by atoms with Crippen molar-refractivity contribution in [2.45, 2.75) is 31.4 Å². The van der Waals surface area contributed by atoms with E-state index in [0.29, 0.717) is 12.1 Å². The molecule has 0 aliphatic heterocycles. The summed E-state index contributed by atoms with van der Waals surface area (Å²) in [4.78, 5) is 7.00. The molecule has 0 bridgehead atoms. The van der Waals surface area contributed by atoms with Crippen molar-refractivity contribution in [3.63, 3.8) is 0 Å². The second-order valence-electron chi connectivity index (χ2n) is 3.19. The first-order chi connectivity index (χ1) is 4.74. The lowest BCUT2D eigenvalue weighted by molar-refractivity contribution is 0.0540. The third-order valence-corrected chi connectivity index (χ3v) is 2.28. The average molecular weight is 144 g/mol. The fraction of sp³-hybridized carbons (Fsp3) is 1.00. The summed E-state index contributed by atoms with van der Waals surface area (Å²) in [6, 6.07) is 0.675. The Balaban J connectivity index is 2.28. The van der Waals surface area contributed by atoms with Gasteiger partial charge in [0.2, 0.25) is 0 Å². The Hall–Kier alpha value is -0.120. The molecule has 3 heteroatoms. The molecule has 1 aliphatic carbocycles. The van der Waals surface area contributed by atoms with Crippen LogP contribution in [0.4, 0.5) is 0 Å². The Morgan fingerprint density at radius 1 is 1.40 bits per heavy atom. The molecule has 0 aromatic rings. The van der Waals surface area contributed by atoms with E-state index in [1.807, 2.05) is 0 Å². The average Bonchev–Trinajstić information content (AvgIpc) is 2.34. The zero-order valence-electron chi connectivity index (χ0n) is 6.71. The molecule has 2 N–H and O–H groups in total. The van der Waals surface area contributed by atoms with Gasteiger partial charge in [0.05, 0.1) is 6.10 Å². The van der Waals surface area contributed by atoms with Gasteiger partial charge in [-0.25, -0.2) is 5.90 Å². The SMILES string of the molecule is CN(C)[C@@H]1CC[C@H](ON)C1. The normalized spacial score (nSPS) is 33.6. The molecule has 0 radical (unpaired) electrons. The van der Waals surface area contributed by atoms with Crippen LogP contribution in [-0.2, 0) is 4.84 Å². The predicted octanol–water partition coefficient (Wildman–Crippen LogP) is 0.359. The van der Waals surface area contributed by atoms with E-state index in [1.165, 1.54) is 6.42 Å². The molecule has 1 saturated carbocycles. The number of nitrogens with two attached hydrogens (primary N) is 1. The molecule has 0 aromatic heterocycles. The highest BCUT2D eigenvalue weighted by atomic mass is 16.6. The van der Waals surface area contributed by atoms with Crippen LogP contribution in [0, 0.1) is 0 Å². The van der Waals surface area contributed by atoms with Gasteiger partial charge in [0, 0.05) is 6.04 Å². The summed E-state index contributed by atoms with van der Waals surface area (Å²) < 4.78 is 0. The van der Waals surface area contributed by atoms with E-state index in [9.17, 15) is 0 Å². The van der Waals surface area contributed by atoms with Crippen LogP contribution < -0.4 is 5.90 Å². The Labute approximate surface area is 62.1 Å². The van der Waals surface area contributed by atoms with Gasteiger partial charge in [-0.15, -0.1) is 0 Å². The molecule has 0 heterocycles. The van der Waals surface area contributed by atoms with Gasteiger partial charge >= 0.3 is 0 Å². The third kappa shape index (κ3) is 1.68. The summed E-state index contributed by atoms with van der Waals surface area (Å²) in [6.45, 7) is 0. The van der Waals surface area contributed by atoms with E-state index < -0.39 is 0 Å². The maximum Gasteiger partial charge on any atom is 0.0802 e. The molecule has 1 rings (SSSR count). The Morgan fingerprint density at radius 3 is 2.40 bits per heavy atom. The second kappa shape index (κ2) is 3.32. The smallest absolute Gasteiger partial charge is 0.0802 e. The van der Waals surface area contributed by atoms with Gasteiger partial charge in [-0.2, -0.15) is 0 Å². The Kier molecular flexibility index (Phi) is 2.65. The van der Waals surface area contributed by atoms with Crippen LogP contribution in [0.2, 0.25) is 0 Å². The van der Waals surface area contributed by atoms with Crippen molar-refractivity contribution in [2.24, 2.45) is 5.90 Å². The summed E-state index contributed by atoms with van der Waals surface area (Å²) in [5, 5.41) is 0. The van der Waals surface area contributed by atoms with Gasteiger partial charge in [-0.3, -0.25) is 0 Å². The van der Waals surface area contributed by atoms with Crippen molar-refractivity contribution >= 4 is 0 Å². The minimum Gasteiger partial charge on any atom is -0.306 e. The summed E-state index contributed by atoms with van der Waals surface area (Å²) in [7, 11) is 4.20. The molecule has 2 atom stereocenters. The first kappa shape index (κ1) is 7.98. The van der Waals surface area contributed by atoms with Crippen LogP contribution >= 0.6 is 0 Å². The highest BCUT2D eigenvalue weighted by Gasteiger charge is 2.25. The second-order valence-corrected chi connectivity index (χ2v) is 3.19. The lowest BCUT2D eigenvalue weighted by Crippen LogP contribution is -2.26. The summed E-state index contributed by atoms with van der Waals surface area (Å²) in [6.07, 6.45) is 3.71. The molecule has 1 fully saturated rings. The summed E-state index contributed by atoms with van der Waals surface area (Å²) in [5.41, 5.74) is 0. The van der Waals surface area contributed by atoms with Gasteiger partial charge in [0.15, 0.2) is 0 Å². The molecule has 3 nitrogen and oxygen atoms in total. The minimum absolute atomic E-state index is 0.299. The molecule has 1 aliphatic rings. The van der Waals surface area contributed by atoms with E-state index in [-0.39, 0.29) is 0 Å². The minimum atomic E-state index is 0.299. The molecule has 0 saturated heterocycles. The van der Waals surface area contributed by atoms with Crippen LogP contribution in [0.3, 0.4) is 0 Å². The maximum absolute atomic E-state index is 5.08. The zero-order valence-corrected chi connectivity index (χ0v) is 6.71. The Bertz CT molecular complexity index is 106. The fourth-order valence-electron chi connectivity index (χ4n) is 1.51. The molecule has 0 aromatic carbocycles. The highest BCUT2D eigenvalue weighted by Crippen LogP contribution is 2.23. The third-order valence-electron chi connectivity index (χ3n) is 2.28. The first-order valence-electron chi connectivity index (χ1n) is 3.76. The van der Waals surface area contributed by atoms with Crippen molar-refractivity contribution in [3.05, 3.63) is 0 Å². The zero-order chi connectivity index (χ0) is 7.56. The molecular weight excluding hydrogens is 128 g/mol. The topological polar surface area (TPSA) is 38.5 Å². The number of rotatable bonds is 2. The van der Waals surface area contributed by atoms with E-state index in [1.54, 1.807) is 0 Å². The number of hydrogen-bond donors (Lipinski definition) is 1. The quantitative estimate of drug-likeness (QED) is 0.569. The predicted molar refractivity (Wildman–Crippen MR) is 40.4 cm³/mol. The van der Waals surface area contributed by atoms with Gasteiger partial charge in [-0.05, 0) is 33.4 Å². The largest absolute Gasteiger partial charge is 0.306 e. The van der Waals surface area contributed by atoms with Crippen LogP contribution in [0.15, 0.2) is 0 Å². The van der Waals surface area contributed by atoms with Gasteiger partial charge in [0.1, 0.15) is 0 Å². The van der Waals surface area contributed by atoms with Crippen molar-refractivity contribution in [1.82, 2.24) is 4.90 Å². The molecule has 0 unspecified atom stereocenters. The van der Waals surface area contributed by atoms with Crippen LogP contribution in [0.25, 0.3) is 0 Å². The Morgan fingerprint density at radius 2 is 2.10 bits per heavy atom. The monoisotopic (exact) mass is 144 g/mol. The lowest BCUT2D eigenvalue weighted by Gasteiger charge is -2.18. The standard InChI is InChI=1S/C7H16N2O/c1-9(2)6-3-4-7(5-6)10-8/h6-7H,3-5,8H2,1-2H3/t6-,7+/m1/s1. The number of hydrogen-bond acceptors (Lipinski definition) is 3. The van der Waals surface area contributed by atoms with Crippen LogP contribution in [-0.4, -0.2) is 31.1 Å².